The normalized spacial score (nSPS) is 14.8. The van der Waals surface area contributed by atoms with Crippen molar-refractivity contribution in [1.82, 2.24) is 0 Å². The van der Waals surface area contributed by atoms with Gasteiger partial charge in [-0.25, -0.2) is 4.39 Å². The molecular formula is C15H9Cl3FNO. The SMILES string of the molecule is O=C1Cc2cc(C(Cl)c3cc(Cl)ccc3F)c(Cl)cc2N1. The number of nitrogens with one attached hydrogen (secondary N) is 1. The van der Waals surface area contributed by atoms with Gasteiger partial charge < -0.3 is 5.32 Å². The highest BCUT2D eigenvalue weighted by Gasteiger charge is 2.24. The fraction of sp³-hybridized carbons (Fsp3) is 0.133. The van der Waals surface area contributed by atoms with Gasteiger partial charge in [-0.15, -0.1) is 11.6 Å². The van der Waals surface area contributed by atoms with E-state index in [1.165, 1.54) is 18.2 Å². The summed E-state index contributed by atoms with van der Waals surface area (Å²) in [7, 11) is 0. The molecule has 1 N–H and O–H groups in total. The summed E-state index contributed by atoms with van der Waals surface area (Å²) in [5, 5.41) is 2.69. The largest absolute Gasteiger partial charge is 0.325 e. The molecule has 1 unspecified atom stereocenters. The first-order valence-corrected chi connectivity index (χ1v) is 7.36. The number of fused-ring (bicyclic) bond motifs is 1. The molecule has 0 aromatic heterocycles. The summed E-state index contributed by atoms with van der Waals surface area (Å²) in [6.07, 6.45) is 0.265. The van der Waals surface area contributed by atoms with Gasteiger partial charge in [0.2, 0.25) is 5.91 Å². The Kier molecular flexibility index (Phi) is 3.82. The average Bonchev–Trinajstić information content (AvgIpc) is 2.79. The summed E-state index contributed by atoms with van der Waals surface area (Å²) >= 11 is 18.5. The Morgan fingerprint density at radius 3 is 2.67 bits per heavy atom. The van der Waals surface area contributed by atoms with Crippen molar-refractivity contribution in [3.63, 3.8) is 0 Å². The number of alkyl halides is 1. The van der Waals surface area contributed by atoms with Crippen LogP contribution in [-0.2, 0) is 11.2 Å². The second-order valence-corrected chi connectivity index (χ2v) is 6.06. The third-order valence-electron chi connectivity index (χ3n) is 3.35. The third kappa shape index (κ3) is 2.73. The number of hydrogen-bond acceptors (Lipinski definition) is 1. The molecule has 0 bridgehead atoms. The Bertz CT molecular complexity index is 748. The molecule has 1 atom stereocenters. The zero-order chi connectivity index (χ0) is 15.1. The van der Waals surface area contributed by atoms with E-state index in [-0.39, 0.29) is 17.9 Å². The lowest BCUT2D eigenvalue weighted by Crippen LogP contribution is -2.03. The smallest absolute Gasteiger partial charge is 0.228 e. The van der Waals surface area contributed by atoms with Crippen molar-refractivity contribution >= 4 is 46.4 Å². The van der Waals surface area contributed by atoms with E-state index < -0.39 is 11.2 Å². The molecule has 1 aliphatic rings. The van der Waals surface area contributed by atoms with Crippen LogP contribution in [0.15, 0.2) is 30.3 Å². The highest BCUT2D eigenvalue weighted by atomic mass is 35.5. The first kappa shape index (κ1) is 14.6. The first-order valence-electron chi connectivity index (χ1n) is 6.17. The molecule has 1 heterocycles. The van der Waals surface area contributed by atoms with Gasteiger partial charge in [-0.2, -0.15) is 0 Å². The van der Waals surface area contributed by atoms with Gasteiger partial charge in [0.05, 0.1) is 11.8 Å². The highest BCUT2D eigenvalue weighted by Crippen LogP contribution is 2.39. The van der Waals surface area contributed by atoms with Crippen molar-refractivity contribution in [3.8, 4) is 0 Å². The van der Waals surface area contributed by atoms with E-state index >= 15 is 0 Å². The van der Waals surface area contributed by atoms with Gasteiger partial charge in [0.25, 0.3) is 0 Å². The van der Waals surface area contributed by atoms with Crippen LogP contribution in [0.1, 0.15) is 22.1 Å². The molecule has 21 heavy (non-hydrogen) atoms. The zero-order valence-corrected chi connectivity index (χ0v) is 12.9. The Hall–Kier alpha value is -1.29. The van der Waals surface area contributed by atoms with Gasteiger partial charge in [0.1, 0.15) is 5.82 Å². The van der Waals surface area contributed by atoms with Crippen molar-refractivity contribution in [3.05, 3.63) is 62.9 Å². The molecule has 0 fully saturated rings. The van der Waals surface area contributed by atoms with E-state index in [1.54, 1.807) is 12.1 Å². The van der Waals surface area contributed by atoms with Crippen LogP contribution in [0.2, 0.25) is 10.0 Å². The zero-order valence-electron chi connectivity index (χ0n) is 10.6. The van der Waals surface area contributed by atoms with Gasteiger partial charge >= 0.3 is 0 Å². The Morgan fingerprint density at radius 1 is 1.14 bits per heavy atom. The van der Waals surface area contributed by atoms with Crippen molar-refractivity contribution in [1.29, 1.82) is 0 Å². The molecule has 0 spiro atoms. The molecule has 2 aromatic rings. The lowest BCUT2D eigenvalue weighted by atomic mass is 10.0. The number of halogens is 4. The first-order chi connectivity index (χ1) is 9.95. The topological polar surface area (TPSA) is 29.1 Å². The quantitative estimate of drug-likeness (QED) is 0.767. The maximum absolute atomic E-state index is 13.9. The molecule has 0 saturated heterocycles. The van der Waals surface area contributed by atoms with Crippen LogP contribution in [0.3, 0.4) is 0 Å². The Labute approximate surface area is 135 Å². The summed E-state index contributed by atoms with van der Waals surface area (Å²) in [5.74, 6) is -0.552. The van der Waals surface area contributed by atoms with Crippen molar-refractivity contribution in [2.45, 2.75) is 11.8 Å². The minimum absolute atomic E-state index is 0.0988. The van der Waals surface area contributed by atoms with Gasteiger partial charge in [-0.3, -0.25) is 4.79 Å². The molecule has 1 amide bonds. The monoisotopic (exact) mass is 343 g/mol. The fourth-order valence-corrected chi connectivity index (χ4v) is 3.19. The van der Waals surface area contributed by atoms with E-state index in [4.69, 9.17) is 34.8 Å². The highest BCUT2D eigenvalue weighted by molar-refractivity contribution is 6.34. The summed E-state index contributed by atoms with van der Waals surface area (Å²) in [5.41, 5.74) is 2.27. The minimum Gasteiger partial charge on any atom is -0.325 e. The van der Waals surface area contributed by atoms with E-state index in [1.807, 2.05) is 0 Å². The van der Waals surface area contributed by atoms with Crippen LogP contribution in [0.4, 0.5) is 10.1 Å². The van der Waals surface area contributed by atoms with Crippen LogP contribution in [0.5, 0.6) is 0 Å². The van der Waals surface area contributed by atoms with Crippen LogP contribution >= 0.6 is 34.8 Å². The van der Waals surface area contributed by atoms with E-state index in [0.717, 1.165) is 5.56 Å². The van der Waals surface area contributed by atoms with Gasteiger partial charge in [-0.05, 0) is 41.5 Å². The predicted octanol–water partition coefficient (Wildman–Crippen LogP) is 4.96. The molecule has 0 aliphatic carbocycles. The van der Waals surface area contributed by atoms with Gasteiger partial charge in [-0.1, -0.05) is 23.2 Å². The maximum atomic E-state index is 13.9. The number of anilines is 1. The van der Waals surface area contributed by atoms with Gasteiger partial charge in [0.15, 0.2) is 0 Å². The van der Waals surface area contributed by atoms with Crippen molar-refractivity contribution < 1.29 is 9.18 Å². The fourth-order valence-electron chi connectivity index (χ4n) is 2.34. The second kappa shape index (κ2) is 5.48. The predicted molar refractivity (Wildman–Crippen MR) is 82.9 cm³/mol. The standard InChI is InChI=1S/C15H9Cl3FNO/c16-8-1-2-12(19)10(5-8)15(18)9-3-7-4-14(21)20-13(7)6-11(9)17/h1-3,5-6,15H,4H2,(H,20,21). The summed E-state index contributed by atoms with van der Waals surface area (Å²) < 4.78 is 13.9. The molecule has 2 nitrogen and oxygen atoms in total. The number of hydrogen-bond donors (Lipinski definition) is 1. The third-order valence-corrected chi connectivity index (χ3v) is 4.38. The van der Waals surface area contributed by atoms with Crippen LogP contribution in [0, 0.1) is 5.82 Å². The lowest BCUT2D eigenvalue weighted by Gasteiger charge is -2.15. The van der Waals surface area contributed by atoms with E-state index in [0.29, 0.717) is 21.3 Å². The second-order valence-electron chi connectivity index (χ2n) is 4.78. The summed E-state index contributed by atoms with van der Waals surface area (Å²) in [6.45, 7) is 0. The van der Waals surface area contributed by atoms with Crippen LogP contribution < -0.4 is 5.32 Å². The Morgan fingerprint density at radius 2 is 1.90 bits per heavy atom. The van der Waals surface area contributed by atoms with Crippen LogP contribution in [-0.4, -0.2) is 5.91 Å². The molecule has 108 valence electrons. The Balaban J connectivity index is 2.06. The van der Waals surface area contributed by atoms with Crippen LogP contribution in [0.25, 0.3) is 0 Å². The summed E-state index contributed by atoms with van der Waals surface area (Å²) in [6, 6.07) is 7.56. The number of benzene rings is 2. The number of amides is 1. The van der Waals surface area contributed by atoms with E-state index in [9.17, 15) is 9.18 Å². The summed E-state index contributed by atoms with van der Waals surface area (Å²) in [4.78, 5) is 11.4. The number of carbonyl (C=O) groups excluding carboxylic acids is 1. The molecule has 6 heteroatoms. The molecule has 2 aromatic carbocycles. The molecule has 3 rings (SSSR count). The maximum Gasteiger partial charge on any atom is 0.228 e. The lowest BCUT2D eigenvalue weighted by molar-refractivity contribution is -0.115. The molecular weight excluding hydrogens is 336 g/mol. The number of carbonyl (C=O) groups is 1. The average molecular weight is 345 g/mol. The molecule has 0 radical (unpaired) electrons. The van der Waals surface area contributed by atoms with Crippen molar-refractivity contribution in [2.75, 3.05) is 5.32 Å². The van der Waals surface area contributed by atoms with Crippen molar-refractivity contribution in [2.24, 2.45) is 0 Å². The number of rotatable bonds is 2. The minimum atomic E-state index is -0.780. The molecule has 1 aliphatic heterocycles. The van der Waals surface area contributed by atoms with Gasteiger partial charge in [0, 0.05) is 21.3 Å². The molecule has 0 saturated carbocycles. The van der Waals surface area contributed by atoms with E-state index in [2.05, 4.69) is 5.32 Å².